The molecule has 0 bridgehead atoms. The highest BCUT2D eigenvalue weighted by Crippen LogP contribution is 2.24. The summed E-state index contributed by atoms with van der Waals surface area (Å²) in [5, 5.41) is 19.5. The number of hydrogen-bond acceptors (Lipinski definition) is 4. The molecule has 6 heteroatoms. The summed E-state index contributed by atoms with van der Waals surface area (Å²) in [5.74, 6) is -1.96. The number of nitrogens with zero attached hydrogens (tertiary/aromatic N) is 2. The maximum absolute atomic E-state index is 12.1. The Morgan fingerprint density at radius 1 is 0.933 bits per heavy atom. The van der Waals surface area contributed by atoms with Crippen LogP contribution in [0.2, 0.25) is 0 Å². The van der Waals surface area contributed by atoms with Crippen LogP contribution in [-0.2, 0) is 11.2 Å². The van der Waals surface area contributed by atoms with Gasteiger partial charge in [0.2, 0.25) is 0 Å². The molecule has 154 valence electrons. The summed E-state index contributed by atoms with van der Waals surface area (Å²) in [7, 11) is 0. The molecule has 6 nitrogen and oxygen atoms in total. The molecule has 3 rings (SSSR count). The van der Waals surface area contributed by atoms with Crippen molar-refractivity contribution >= 4 is 17.8 Å². The van der Waals surface area contributed by atoms with Crippen molar-refractivity contribution in [1.82, 2.24) is 4.98 Å². The molecule has 0 fully saturated rings. The van der Waals surface area contributed by atoms with Gasteiger partial charge in [-0.1, -0.05) is 61.5 Å². The van der Waals surface area contributed by atoms with Crippen LogP contribution in [0.15, 0.2) is 72.9 Å². The Morgan fingerprint density at radius 3 is 2.20 bits per heavy atom. The Morgan fingerprint density at radius 2 is 1.60 bits per heavy atom. The molecule has 0 radical (unpaired) electrons. The molecule has 30 heavy (non-hydrogen) atoms. The lowest BCUT2D eigenvalue weighted by molar-refractivity contribution is -0.138. The molecule has 3 aromatic rings. The molecule has 2 N–H and O–H groups in total. The lowest BCUT2D eigenvalue weighted by Crippen LogP contribution is -2.44. The third kappa shape index (κ3) is 4.84. The fourth-order valence-corrected chi connectivity index (χ4v) is 3.46. The summed E-state index contributed by atoms with van der Waals surface area (Å²) in [5.41, 5.74) is 2.99. The van der Waals surface area contributed by atoms with E-state index in [1.54, 1.807) is 4.90 Å². The fourth-order valence-electron chi connectivity index (χ4n) is 3.46. The predicted molar refractivity (Wildman–Crippen MR) is 116 cm³/mol. The topological polar surface area (TPSA) is 90.7 Å². The Kier molecular flexibility index (Phi) is 6.80. The van der Waals surface area contributed by atoms with Gasteiger partial charge in [-0.2, -0.15) is 0 Å². The van der Waals surface area contributed by atoms with Crippen LogP contribution in [0.25, 0.3) is 11.1 Å². The van der Waals surface area contributed by atoms with E-state index in [-0.39, 0.29) is 17.8 Å². The van der Waals surface area contributed by atoms with E-state index in [0.717, 1.165) is 16.7 Å². The van der Waals surface area contributed by atoms with Gasteiger partial charge in [0, 0.05) is 19.2 Å². The molecule has 0 saturated carbocycles. The van der Waals surface area contributed by atoms with Crippen molar-refractivity contribution < 1.29 is 19.8 Å². The number of carbonyl (C=O) groups is 2. The van der Waals surface area contributed by atoms with Crippen molar-refractivity contribution in [2.24, 2.45) is 0 Å². The van der Waals surface area contributed by atoms with Crippen molar-refractivity contribution in [2.45, 2.75) is 25.8 Å². The first-order valence-electron chi connectivity index (χ1n) is 9.83. The Balaban J connectivity index is 1.90. The van der Waals surface area contributed by atoms with Gasteiger partial charge in [-0.3, -0.25) is 0 Å². The van der Waals surface area contributed by atoms with E-state index in [4.69, 9.17) is 0 Å². The number of carboxylic acids is 2. The maximum Gasteiger partial charge on any atom is 0.339 e. The van der Waals surface area contributed by atoms with Gasteiger partial charge in [-0.15, -0.1) is 0 Å². The molecule has 0 saturated heterocycles. The van der Waals surface area contributed by atoms with Gasteiger partial charge in [0.1, 0.15) is 17.4 Å². The highest BCUT2D eigenvalue weighted by Gasteiger charge is 2.29. The van der Waals surface area contributed by atoms with E-state index in [1.807, 2.05) is 61.5 Å². The molecule has 1 atom stereocenters. The molecule has 1 unspecified atom stereocenters. The Hall–Kier alpha value is -3.67. The first kappa shape index (κ1) is 21.0. The van der Waals surface area contributed by atoms with Gasteiger partial charge >= 0.3 is 11.9 Å². The van der Waals surface area contributed by atoms with E-state index in [1.165, 1.54) is 18.3 Å². The summed E-state index contributed by atoms with van der Waals surface area (Å²) < 4.78 is 0. The minimum absolute atomic E-state index is 0.00312. The highest BCUT2D eigenvalue weighted by molar-refractivity contribution is 5.94. The average molecular weight is 404 g/mol. The van der Waals surface area contributed by atoms with E-state index < -0.39 is 18.0 Å². The first-order valence-corrected chi connectivity index (χ1v) is 9.83. The first-order chi connectivity index (χ1) is 14.5. The molecule has 0 spiro atoms. The largest absolute Gasteiger partial charge is 0.480 e. The number of aliphatic carboxylic acids is 1. The molecular weight excluding hydrogens is 380 g/mol. The van der Waals surface area contributed by atoms with Crippen LogP contribution in [0.4, 0.5) is 5.82 Å². The number of aromatic nitrogens is 1. The second-order valence-electron chi connectivity index (χ2n) is 6.99. The number of benzene rings is 2. The maximum atomic E-state index is 12.1. The van der Waals surface area contributed by atoms with Crippen molar-refractivity contribution in [3.05, 3.63) is 84.1 Å². The van der Waals surface area contributed by atoms with Crippen LogP contribution in [0.3, 0.4) is 0 Å². The van der Waals surface area contributed by atoms with Gasteiger partial charge < -0.3 is 15.1 Å². The van der Waals surface area contributed by atoms with E-state index in [0.29, 0.717) is 13.0 Å². The van der Waals surface area contributed by atoms with E-state index in [2.05, 4.69) is 4.98 Å². The van der Waals surface area contributed by atoms with Crippen LogP contribution >= 0.6 is 0 Å². The molecule has 1 aromatic heterocycles. The van der Waals surface area contributed by atoms with Crippen molar-refractivity contribution in [3.8, 4) is 11.1 Å². The van der Waals surface area contributed by atoms with Crippen LogP contribution in [0, 0.1) is 0 Å². The van der Waals surface area contributed by atoms with Crippen LogP contribution in [0.5, 0.6) is 0 Å². The van der Waals surface area contributed by atoms with E-state index in [9.17, 15) is 19.8 Å². The minimum Gasteiger partial charge on any atom is -0.480 e. The number of pyridine rings is 1. The lowest BCUT2D eigenvalue weighted by atomic mass is 9.99. The lowest BCUT2D eigenvalue weighted by Gasteiger charge is -2.30. The predicted octanol–water partition coefficient (Wildman–Crippen LogP) is 4.36. The zero-order valence-corrected chi connectivity index (χ0v) is 16.7. The number of carboxylic acid groups (broad SMARTS) is 2. The van der Waals surface area contributed by atoms with Crippen molar-refractivity contribution in [2.75, 3.05) is 11.4 Å². The third-order valence-corrected chi connectivity index (χ3v) is 4.91. The van der Waals surface area contributed by atoms with Crippen molar-refractivity contribution in [3.63, 3.8) is 0 Å². The zero-order chi connectivity index (χ0) is 21.5. The molecule has 0 amide bonds. The minimum atomic E-state index is -1.13. The van der Waals surface area contributed by atoms with Gasteiger partial charge in [-0.05, 0) is 35.2 Å². The molecule has 0 aliphatic heterocycles. The van der Waals surface area contributed by atoms with Gasteiger partial charge in [0.25, 0.3) is 0 Å². The Bertz CT molecular complexity index is 1000. The number of hydrogen-bond donors (Lipinski definition) is 2. The molecule has 0 aliphatic carbocycles. The summed E-state index contributed by atoms with van der Waals surface area (Å²) in [6.45, 7) is 2.31. The zero-order valence-electron chi connectivity index (χ0n) is 16.7. The molecule has 2 aromatic carbocycles. The van der Waals surface area contributed by atoms with Gasteiger partial charge in [0.05, 0.1) is 0 Å². The summed E-state index contributed by atoms with van der Waals surface area (Å²) in [4.78, 5) is 29.6. The van der Waals surface area contributed by atoms with E-state index >= 15 is 0 Å². The van der Waals surface area contributed by atoms with Gasteiger partial charge in [-0.25, -0.2) is 14.6 Å². The molecular formula is C24H24N2O4. The van der Waals surface area contributed by atoms with Crippen LogP contribution in [-0.4, -0.2) is 39.7 Å². The number of rotatable bonds is 9. The van der Waals surface area contributed by atoms with Crippen LogP contribution < -0.4 is 4.90 Å². The summed E-state index contributed by atoms with van der Waals surface area (Å²) in [6, 6.07) is 19.8. The average Bonchev–Trinajstić information content (AvgIpc) is 2.77. The number of anilines is 1. The Labute approximate surface area is 175 Å². The monoisotopic (exact) mass is 404 g/mol. The fraction of sp³-hybridized carbons (Fsp3) is 0.208. The second-order valence-corrected chi connectivity index (χ2v) is 6.99. The third-order valence-electron chi connectivity index (χ3n) is 4.91. The summed E-state index contributed by atoms with van der Waals surface area (Å²) >= 11 is 0. The quantitative estimate of drug-likeness (QED) is 0.551. The summed E-state index contributed by atoms with van der Waals surface area (Å²) in [6.07, 6.45) is 2.38. The smallest absolute Gasteiger partial charge is 0.339 e. The highest BCUT2D eigenvalue weighted by atomic mass is 16.4. The molecule has 1 heterocycles. The second kappa shape index (κ2) is 9.69. The number of aromatic carboxylic acids is 1. The standard InChI is InChI=1S/C24H24N2O4/c1-2-15-26(22-20(23(27)28)9-6-14-25-22)21(24(29)30)16-17-10-12-19(13-11-17)18-7-4-3-5-8-18/h3-14,21H,2,15-16H2,1H3,(H,27,28)(H,29,30). The normalized spacial score (nSPS) is 11.6. The van der Waals surface area contributed by atoms with Crippen molar-refractivity contribution in [1.29, 1.82) is 0 Å². The molecule has 0 aliphatic rings. The van der Waals surface area contributed by atoms with Crippen LogP contribution in [0.1, 0.15) is 29.3 Å². The van der Waals surface area contributed by atoms with Gasteiger partial charge in [0.15, 0.2) is 0 Å². The SMILES string of the molecule is CCCN(c1ncccc1C(=O)O)C(Cc1ccc(-c2ccccc2)cc1)C(=O)O.